The van der Waals surface area contributed by atoms with E-state index in [0.717, 1.165) is 22.0 Å². The van der Waals surface area contributed by atoms with Crippen molar-refractivity contribution in [2.24, 2.45) is 5.73 Å². The number of pyridine rings is 1. The zero-order chi connectivity index (χ0) is 20.6. The molecule has 0 spiro atoms. The summed E-state index contributed by atoms with van der Waals surface area (Å²) in [6.07, 6.45) is 0. The highest BCUT2D eigenvalue weighted by atomic mass is 35.5. The Hall–Kier alpha value is -3.04. The average molecular weight is 398 g/mol. The number of benzene rings is 1. The number of carbonyl (C=O) groups is 1. The third kappa shape index (κ3) is 3.30. The molecular weight excluding hydrogens is 378 g/mol. The topological polar surface area (TPSA) is 98.2 Å². The Morgan fingerprint density at radius 1 is 1.32 bits per heavy atom. The maximum Gasteiger partial charge on any atom is 0.338 e. The molecule has 144 valence electrons. The quantitative estimate of drug-likeness (QED) is 0.617. The van der Waals surface area contributed by atoms with E-state index in [-0.39, 0.29) is 34.5 Å². The second-order valence-electron chi connectivity index (χ2n) is 6.61. The van der Waals surface area contributed by atoms with Gasteiger partial charge >= 0.3 is 5.97 Å². The highest BCUT2D eigenvalue weighted by Crippen LogP contribution is 2.42. The van der Waals surface area contributed by atoms with Crippen molar-refractivity contribution >= 4 is 28.5 Å². The van der Waals surface area contributed by atoms with Crippen molar-refractivity contribution in [3.05, 3.63) is 62.8 Å². The van der Waals surface area contributed by atoms with Crippen LogP contribution in [0, 0.1) is 25.2 Å². The van der Waals surface area contributed by atoms with E-state index in [4.69, 9.17) is 26.8 Å². The first-order valence-corrected chi connectivity index (χ1v) is 9.19. The molecule has 0 saturated heterocycles. The summed E-state index contributed by atoms with van der Waals surface area (Å²) < 4.78 is 10.6. The minimum Gasteiger partial charge on any atom is -0.463 e. The molecule has 1 aliphatic rings. The van der Waals surface area contributed by atoms with Gasteiger partial charge in [0.25, 0.3) is 0 Å². The number of hydrogen-bond donors (Lipinski definition) is 1. The molecule has 1 atom stereocenters. The normalized spacial score (nSPS) is 16.8. The summed E-state index contributed by atoms with van der Waals surface area (Å²) in [6.45, 7) is 7.50. The van der Waals surface area contributed by atoms with Crippen LogP contribution >= 0.6 is 11.6 Å². The Balaban J connectivity index is 2.28. The fraction of sp³-hybridized carbons (Fsp3) is 0.286. The number of aromatic nitrogens is 1. The molecular formula is C21H20ClN3O3. The van der Waals surface area contributed by atoms with Gasteiger partial charge in [-0.3, -0.25) is 0 Å². The van der Waals surface area contributed by atoms with Crippen molar-refractivity contribution in [2.75, 3.05) is 6.61 Å². The van der Waals surface area contributed by atoms with Gasteiger partial charge in [-0.2, -0.15) is 5.26 Å². The number of carbonyl (C=O) groups excluding carboxylic acids is 1. The predicted molar refractivity (Wildman–Crippen MR) is 106 cm³/mol. The van der Waals surface area contributed by atoms with Gasteiger partial charge in [-0.25, -0.2) is 9.78 Å². The van der Waals surface area contributed by atoms with E-state index in [0.29, 0.717) is 5.56 Å². The fourth-order valence-corrected chi connectivity index (χ4v) is 3.56. The number of hydrogen-bond acceptors (Lipinski definition) is 6. The van der Waals surface area contributed by atoms with Crippen LogP contribution in [0.25, 0.3) is 10.9 Å². The van der Waals surface area contributed by atoms with E-state index >= 15 is 0 Å². The molecule has 0 aliphatic carbocycles. The smallest absolute Gasteiger partial charge is 0.338 e. The number of nitrogens with zero attached hydrogens (tertiary/aromatic N) is 2. The van der Waals surface area contributed by atoms with E-state index < -0.39 is 11.9 Å². The fourth-order valence-electron chi connectivity index (χ4n) is 3.30. The molecule has 1 unspecified atom stereocenters. The minimum absolute atomic E-state index is 0.0608. The van der Waals surface area contributed by atoms with Crippen molar-refractivity contribution in [1.82, 2.24) is 4.98 Å². The zero-order valence-electron chi connectivity index (χ0n) is 16.1. The molecule has 2 heterocycles. The number of fused-ring (bicyclic) bond motifs is 1. The Bertz CT molecular complexity index is 1100. The lowest BCUT2D eigenvalue weighted by Crippen LogP contribution is -2.26. The Kier molecular flexibility index (Phi) is 5.30. The van der Waals surface area contributed by atoms with Gasteiger partial charge in [0.1, 0.15) is 22.6 Å². The summed E-state index contributed by atoms with van der Waals surface area (Å²) in [6, 6.07) is 7.83. The molecule has 2 N–H and O–H groups in total. The Morgan fingerprint density at radius 2 is 2.00 bits per heavy atom. The average Bonchev–Trinajstić information content (AvgIpc) is 2.62. The second-order valence-corrected chi connectivity index (χ2v) is 6.97. The van der Waals surface area contributed by atoms with Gasteiger partial charge in [0.05, 0.1) is 23.6 Å². The maximum absolute atomic E-state index is 12.6. The van der Waals surface area contributed by atoms with Crippen LogP contribution in [0.2, 0.25) is 5.15 Å². The molecule has 2 aromatic rings. The highest BCUT2D eigenvalue weighted by Gasteiger charge is 2.37. The Morgan fingerprint density at radius 3 is 2.64 bits per heavy atom. The molecule has 28 heavy (non-hydrogen) atoms. The van der Waals surface area contributed by atoms with Crippen molar-refractivity contribution in [1.29, 1.82) is 5.26 Å². The van der Waals surface area contributed by atoms with Crippen LogP contribution < -0.4 is 5.73 Å². The molecule has 1 aromatic carbocycles. The largest absolute Gasteiger partial charge is 0.463 e. The van der Waals surface area contributed by atoms with Gasteiger partial charge in [-0.1, -0.05) is 11.6 Å². The zero-order valence-corrected chi connectivity index (χ0v) is 16.8. The van der Waals surface area contributed by atoms with Gasteiger partial charge in [0, 0.05) is 10.9 Å². The summed E-state index contributed by atoms with van der Waals surface area (Å²) in [5, 5.41) is 10.7. The van der Waals surface area contributed by atoms with E-state index in [2.05, 4.69) is 4.98 Å². The molecule has 3 rings (SSSR count). The number of ether oxygens (including phenoxy) is 2. The van der Waals surface area contributed by atoms with E-state index in [1.54, 1.807) is 13.8 Å². The summed E-state index contributed by atoms with van der Waals surface area (Å²) in [5.74, 6) is -1.18. The third-order valence-electron chi connectivity index (χ3n) is 4.82. The van der Waals surface area contributed by atoms with Gasteiger partial charge in [-0.15, -0.1) is 0 Å². The first kappa shape index (κ1) is 19.7. The number of esters is 1. The van der Waals surface area contributed by atoms with Gasteiger partial charge in [-0.05, 0) is 57.0 Å². The van der Waals surface area contributed by atoms with Crippen LogP contribution in [0.3, 0.4) is 0 Å². The number of nitrogens with two attached hydrogens (primary N) is 1. The molecule has 0 amide bonds. The van der Waals surface area contributed by atoms with Crippen molar-refractivity contribution in [3.63, 3.8) is 0 Å². The predicted octanol–water partition coefficient (Wildman–Crippen LogP) is 4.15. The molecule has 1 aromatic heterocycles. The molecule has 1 aliphatic heterocycles. The highest BCUT2D eigenvalue weighted by molar-refractivity contribution is 6.30. The molecule has 6 nitrogen and oxygen atoms in total. The van der Waals surface area contributed by atoms with Gasteiger partial charge in [0.2, 0.25) is 5.88 Å². The van der Waals surface area contributed by atoms with Crippen LogP contribution in [0.5, 0.6) is 0 Å². The first-order valence-electron chi connectivity index (χ1n) is 8.81. The van der Waals surface area contributed by atoms with E-state index in [1.165, 1.54) is 0 Å². The number of rotatable bonds is 3. The van der Waals surface area contributed by atoms with Crippen LogP contribution in [0.15, 0.2) is 41.0 Å². The number of aryl methyl sites for hydroxylation is 2. The van der Waals surface area contributed by atoms with Crippen molar-refractivity contribution in [2.45, 2.75) is 33.6 Å². The summed E-state index contributed by atoms with van der Waals surface area (Å²) in [7, 11) is 0. The lowest BCUT2D eigenvalue weighted by molar-refractivity contribution is -0.139. The van der Waals surface area contributed by atoms with Gasteiger partial charge < -0.3 is 15.2 Å². The SMILES string of the molecule is CCOC(=O)C1=C(C)OC(N)=C(C#N)C1c1cc2cc(C)c(C)cc2nc1Cl. The minimum atomic E-state index is -0.816. The van der Waals surface area contributed by atoms with Crippen molar-refractivity contribution < 1.29 is 14.3 Å². The Labute approximate surface area is 168 Å². The van der Waals surface area contributed by atoms with Gasteiger partial charge in [0.15, 0.2) is 0 Å². The molecule has 0 radical (unpaired) electrons. The molecule has 0 saturated carbocycles. The number of nitriles is 1. The standard InChI is InChI=1S/C21H20ClN3O3/c1-5-27-21(26)17-12(4)28-20(24)15(9-23)18(17)14-8-13-6-10(2)11(3)7-16(13)25-19(14)22/h6-8,18H,5,24H2,1-4H3. The van der Waals surface area contributed by atoms with E-state index in [1.807, 2.05) is 38.1 Å². The third-order valence-corrected chi connectivity index (χ3v) is 5.13. The van der Waals surface area contributed by atoms with E-state index in [9.17, 15) is 10.1 Å². The van der Waals surface area contributed by atoms with Crippen LogP contribution in [-0.2, 0) is 14.3 Å². The summed E-state index contributed by atoms with van der Waals surface area (Å²) in [5.41, 5.74) is 9.66. The monoisotopic (exact) mass is 397 g/mol. The number of halogens is 1. The molecule has 7 heteroatoms. The second kappa shape index (κ2) is 7.53. The molecule has 0 bridgehead atoms. The lowest BCUT2D eigenvalue weighted by atomic mass is 9.83. The summed E-state index contributed by atoms with van der Waals surface area (Å²) in [4.78, 5) is 17.1. The molecule has 0 fully saturated rings. The van der Waals surface area contributed by atoms with Crippen molar-refractivity contribution in [3.8, 4) is 6.07 Å². The first-order chi connectivity index (χ1) is 13.3. The lowest BCUT2D eigenvalue weighted by Gasteiger charge is -2.27. The van der Waals surface area contributed by atoms with Crippen LogP contribution in [0.1, 0.15) is 36.5 Å². The summed E-state index contributed by atoms with van der Waals surface area (Å²) >= 11 is 6.49. The number of allylic oxidation sites excluding steroid dienone is 2. The van der Waals surface area contributed by atoms with Crippen LogP contribution in [-0.4, -0.2) is 17.6 Å². The van der Waals surface area contributed by atoms with Crippen LogP contribution in [0.4, 0.5) is 0 Å². The maximum atomic E-state index is 12.6.